The van der Waals surface area contributed by atoms with Crippen molar-refractivity contribution < 1.29 is 28.9 Å². The van der Waals surface area contributed by atoms with E-state index < -0.39 is 42.3 Å². The Morgan fingerprint density at radius 3 is 2.79 bits per heavy atom. The lowest BCUT2D eigenvalue weighted by Gasteiger charge is -2.24. The van der Waals surface area contributed by atoms with Gasteiger partial charge in [0.1, 0.15) is 17.7 Å². The molecule has 0 aromatic rings. The van der Waals surface area contributed by atoms with Gasteiger partial charge >= 0.3 is 12.2 Å². The first-order valence-electron chi connectivity index (χ1n) is 6.03. The Labute approximate surface area is 110 Å². The molecule has 0 radical (unpaired) electrons. The molecule has 8 nitrogen and oxygen atoms in total. The number of nitrogens with one attached hydrogen (secondary N) is 2. The summed E-state index contributed by atoms with van der Waals surface area (Å²) in [7, 11) is 0. The Balaban J connectivity index is 2.00. The number of amides is 2. The van der Waals surface area contributed by atoms with E-state index in [1.165, 1.54) is 0 Å². The lowest BCUT2D eigenvalue weighted by Crippen LogP contribution is -2.50. The smallest absolute Gasteiger partial charge is 0.409 e. The molecular weight excluding hydrogens is 256 g/mol. The Kier molecular flexibility index (Phi) is 3.55. The highest BCUT2D eigenvalue weighted by molar-refractivity contribution is 5.71. The first-order valence-corrected chi connectivity index (χ1v) is 6.03. The highest BCUT2D eigenvalue weighted by Crippen LogP contribution is 2.26. The molecule has 0 aromatic carbocycles. The van der Waals surface area contributed by atoms with Gasteiger partial charge in [-0.15, -0.1) is 0 Å². The number of aliphatic hydroxyl groups is 1. The molecule has 4 atom stereocenters. The molecule has 2 aliphatic heterocycles. The zero-order chi connectivity index (χ0) is 14.2. The van der Waals surface area contributed by atoms with E-state index in [9.17, 15) is 14.7 Å². The maximum Gasteiger partial charge on any atom is 0.409 e. The fraction of sp³-hybridized carbons (Fsp3) is 0.818. The monoisotopic (exact) mass is 274 g/mol. The van der Waals surface area contributed by atoms with Crippen LogP contribution in [0.1, 0.15) is 20.8 Å². The minimum absolute atomic E-state index is 0.299. The fourth-order valence-corrected chi connectivity index (χ4v) is 2.05. The Morgan fingerprint density at radius 2 is 2.21 bits per heavy atom. The maximum absolute atomic E-state index is 11.7. The van der Waals surface area contributed by atoms with Crippen molar-refractivity contribution in [3.05, 3.63) is 0 Å². The Bertz CT molecular complexity index is 380. The SMILES string of the molecule is CC(C)(C)OC(=O)NC1C(CO)OC2NC(=O)OC21. The quantitative estimate of drug-likeness (QED) is 0.638. The summed E-state index contributed by atoms with van der Waals surface area (Å²) in [4.78, 5) is 22.8. The summed E-state index contributed by atoms with van der Waals surface area (Å²) in [5, 5.41) is 14.2. The number of rotatable bonds is 2. The second kappa shape index (κ2) is 4.86. The summed E-state index contributed by atoms with van der Waals surface area (Å²) in [5.74, 6) is 0. The molecule has 4 unspecified atom stereocenters. The van der Waals surface area contributed by atoms with E-state index in [0.717, 1.165) is 0 Å². The Hall–Kier alpha value is -1.54. The molecule has 0 spiro atoms. The predicted octanol–water partition coefficient (Wildman–Crippen LogP) is -0.295. The van der Waals surface area contributed by atoms with Crippen molar-refractivity contribution in [1.29, 1.82) is 0 Å². The third-order valence-electron chi connectivity index (χ3n) is 2.74. The van der Waals surface area contributed by atoms with Crippen LogP contribution in [-0.2, 0) is 14.2 Å². The number of ether oxygens (including phenoxy) is 3. The van der Waals surface area contributed by atoms with Gasteiger partial charge in [0, 0.05) is 0 Å². The van der Waals surface area contributed by atoms with Gasteiger partial charge in [-0.2, -0.15) is 0 Å². The molecule has 2 fully saturated rings. The van der Waals surface area contributed by atoms with Crippen LogP contribution in [-0.4, -0.2) is 54.0 Å². The molecule has 0 bridgehead atoms. The van der Waals surface area contributed by atoms with Gasteiger partial charge < -0.3 is 24.6 Å². The molecule has 19 heavy (non-hydrogen) atoms. The van der Waals surface area contributed by atoms with Crippen molar-refractivity contribution in [2.24, 2.45) is 0 Å². The highest BCUT2D eigenvalue weighted by atomic mass is 16.6. The van der Waals surface area contributed by atoms with Crippen LogP contribution in [0.25, 0.3) is 0 Å². The zero-order valence-corrected chi connectivity index (χ0v) is 11.0. The molecule has 2 saturated heterocycles. The van der Waals surface area contributed by atoms with Crippen LogP contribution < -0.4 is 10.6 Å². The lowest BCUT2D eigenvalue weighted by atomic mass is 10.1. The molecule has 0 saturated carbocycles. The van der Waals surface area contributed by atoms with E-state index in [4.69, 9.17) is 14.2 Å². The van der Waals surface area contributed by atoms with E-state index in [1.807, 2.05) is 0 Å². The first kappa shape index (κ1) is 13.9. The summed E-state index contributed by atoms with van der Waals surface area (Å²) in [6, 6.07) is -0.649. The summed E-state index contributed by atoms with van der Waals surface area (Å²) in [6.45, 7) is 4.91. The van der Waals surface area contributed by atoms with Crippen molar-refractivity contribution in [1.82, 2.24) is 10.6 Å². The van der Waals surface area contributed by atoms with Crippen LogP contribution in [0.3, 0.4) is 0 Å². The topological polar surface area (TPSA) is 106 Å². The molecule has 2 rings (SSSR count). The Morgan fingerprint density at radius 1 is 1.53 bits per heavy atom. The van der Waals surface area contributed by atoms with Crippen molar-refractivity contribution in [3.63, 3.8) is 0 Å². The molecule has 2 heterocycles. The molecule has 3 N–H and O–H groups in total. The van der Waals surface area contributed by atoms with E-state index in [1.54, 1.807) is 20.8 Å². The normalized spacial score (nSPS) is 33.4. The van der Waals surface area contributed by atoms with E-state index in [2.05, 4.69) is 10.6 Å². The van der Waals surface area contributed by atoms with Crippen molar-refractivity contribution in [2.75, 3.05) is 6.61 Å². The zero-order valence-electron chi connectivity index (χ0n) is 11.0. The molecular formula is C11H18N2O6. The lowest BCUT2D eigenvalue weighted by molar-refractivity contribution is -0.00412. The molecule has 108 valence electrons. The third-order valence-corrected chi connectivity index (χ3v) is 2.74. The summed E-state index contributed by atoms with van der Waals surface area (Å²) in [6.07, 6.45) is -3.24. The van der Waals surface area contributed by atoms with Crippen LogP contribution in [0.15, 0.2) is 0 Å². The average Bonchev–Trinajstić information content (AvgIpc) is 2.73. The average molecular weight is 274 g/mol. The number of aliphatic hydroxyl groups excluding tert-OH is 1. The van der Waals surface area contributed by atoms with Crippen LogP contribution in [0.4, 0.5) is 9.59 Å². The molecule has 2 amide bonds. The van der Waals surface area contributed by atoms with Gasteiger partial charge in [0.15, 0.2) is 12.3 Å². The van der Waals surface area contributed by atoms with Gasteiger partial charge in [-0.05, 0) is 20.8 Å². The van der Waals surface area contributed by atoms with Gasteiger partial charge in [0.05, 0.1) is 6.61 Å². The largest absolute Gasteiger partial charge is 0.444 e. The highest BCUT2D eigenvalue weighted by Gasteiger charge is 2.52. The number of fused-ring (bicyclic) bond motifs is 1. The van der Waals surface area contributed by atoms with Crippen LogP contribution in [0.2, 0.25) is 0 Å². The second-order valence-corrected chi connectivity index (χ2v) is 5.46. The predicted molar refractivity (Wildman–Crippen MR) is 62.3 cm³/mol. The van der Waals surface area contributed by atoms with Crippen LogP contribution >= 0.6 is 0 Å². The minimum Gasteiger partial charge on any atom is -0.444 e. The number of hydrogen-bond acceptors (Lipinski definition) is 6. The number of alkyl carbamates (subject to hydrolysis) is 2. The maximum atomic E-state index is 11.7. The van der Waals surface area contributed by atoms with Gasteiger partial charge in [0.25, 0.3) is 0 Å². The molecule has 0 aliphatic carbocycles. The van der Waals surface area contributed by atoms with Gasteiger partial charge in [0.2, 0.25) is 0 Å². The van der Waals surface area contributed by atoms with Crippen LogP contribution in [0, 0.1) is 0 Å². The van der Waals surface area contributed by atoms with Crippen molar-refractivity contribution in [2.45, 2.75) is 50.8 Å². The number of carbonyl (C=O) groups excluding carboxylic acids is 2. The first-order chi connectivity index (χ1) is 8.80. The van der Waals surface area contributed by atoms with E-state index >= 15 is 0 Å². The number of carbonyl (C=O) groups is 2. The molecule has 2 aliphatic rings. The fourth-order valence-electron chi connectivity index (χ4n) is 2.05. The van der Waals surface area contributed by atoms with Gasteiger partial charge in [-0.25, -0.2) is 9.59 Å². The summed E-state index contributed by atoms with van der Waals surface area (Å²) >= 11 is 0. The van der Waals surface area contributed by atoms with Crippen molar-refractivity contribution >= 4 is 12.2 Å². The summed E-state index contributed by atoms with van der Waals surface area (Å²) in [5.41, 5.74) is -0.637. The standard InChI is InChI=1S/C11H18N2O6/c1-11(2,3)19-10(16)12-6-5(4-14)17-8-7(6)18-9(15)13-8/h5-8,14H,4H2,1-3H3,(H,12,16)(H,13,15). The number of hydrogen-bond donors (Lipinski definition) is 3. The molecule has 8 heteroatoms. The van der Waals surface area contributed by atoms with Gasteiger partial charge in [-0.3, -0.25) is 5.32 Å². The molecule has 0 aromatic heterocycles. The summed E-state index contributed by atoms with van der Waals surface area (Å²) < 4.78 is 15.5. The van der Waals surface area contributed by atoms with Gasteiger partial charge in [-0.1, -0.05) is 0 Å². The van der Waals surface area contributed by atoms with E-state index in [-0.39, 0.29) is 6.61 Å². The minimum atomic E-state index is -0.669. The second-order valence-electron chi connectivity index (χ2n) is 5.46. The van der Waals surface area contributed by atoms with E-state index in [0.29, 0.717) is 0 Å². The van der Waals surface area contributed by atoms with Crippen molar-refractivity contribution in [3.8, 4) is 0 Å². The van der Waals surface area contributed by atoms with Crippen LogP contribution in [0.5, 0.6) is 0 Å². The third kappa shape index (κ3) is 3.07.